The van der Waals surface area contributed by atoms with E-state index in [1.165, 1.54) is 41.0 Å². The lowest BCUT2D eigenvalue weighted by atomic mass is 10.1. The Morgan fingerprint density at radius 2 is 1.53 bits per heavy atom. The highest BCUT2D eigenvalue weighted by Crippen LogP contribution is 2.67. The summed E-state index contributed by atoms with van der Waals surface area (Å²) in [7, 11) is -18.7. The minimum absolute atomic E-state index is 0.0225. The van der Waals surface area contributed by atoms with Gasteiger partial charge < -0.3 is 69.7 Å². The second kappa shape index (κ2) is 23.2. The van der Waals surface area contributed by atoms with Crippen LogP contribution in [0.4, 0.5) is 17.7 Å². The minimum atomic E-state index is -6.09. The number of H-pyrrole nitrogens is 2. The number of aliphatic hydroxyl groups excluding tert-OH is 1. The van der Waals surface area contributed by atoms with Crippen molar-refractivity contribution in [1.82, 2.24) is 58.6 Å². The Balaban J connectivity index is 0.836. The number of phosphoric acid groups is 3. The number of aliphatic hydroxyl groups is 2. The van der Waals surface area contributed by atoms with Gasteiger partial charge in [0.1, 0.15) is 60.5 Å². The summed E-state index contributed by atoms with van der Waals surface area (Å²) < 4.78 is 106. The second-order valence-corrected chi connectivity index (χ2v) is 24.8. The Kier molecular flexibility index (Phi) is 16.7. The Morgan fingerprint density at radius 3 is 2.24 bits per heavy atom. The molecule has 0 radical (unpaired) electrons. The number of fused-ring (bicyclic) bond motifs is 3. The number of ether oxygens (including phenoxy) is 4. The Labute approximate surface area is 468 Å². The number of imidazole rings is 3. The third kappa shape index (κ3) is 12.3. The van der Waals surface area contributed by atoms with Gasteiger partial charge in [0.05, 0.1) is 44.3 Å². The van der Waals surface area contributed by atoms with Crippen molar-refractivity contribution in [3.05, 3.63) is 93.2 Å². The van der Waals surface area contributed by atoms with Crippen LogP contribution < -0.4 is 37.5 Å². The molecule has 0 spiro atoms. The summed E-state index contributed by atoms with van der Waals surface area (Å²) in [6.45, 7) is -2.79. The summed E-state index contributed by atoms with van der Waals surface area (Å²) in [5.41, 5.74) is 2.15. The molecular weight excluding hydrogens is 1210 g/mol. The summed E-state index contributed by atoms with van der Waals surface area (Å²) in [4.78, 5) is 103. The zero-order chi connectivity index (χ0) is 59.4. The maximum Gasteiger partial charge on any atom is 0.488 e. The van der Waals surface area contributed by atoms with Crippen LogP contribution in [-0.2, 0) is 66.9 Å². The molecule has 2 fully saturated rings. The molecule has 2 aliphatic rings. The van der Waals surface area contributed by atoms with Crippen molar-refractivity contribution in [2.24, 2.45) is 0 Å². The number of nitrogens with zero attached hydrogens (tertiary/aromatic N) is 10. The van der Waals surface area contributed by atoms with Crippen molar-refractivity contribution in [3.63, 3.8) is 0 Å². The first kappa shape index (κ1) is 59.7. The first-order valence-electron chi connectivity index (χ1n) is 24.0. The van der Waals surface area contributed by atoms with Crippen molar-refractivity contribution in [2.45, 2.75) is 49.0 Å². The molecular formula is C42H48ClN15O21P4. The molecule has 12 N–H and O–H groups in total. The Bertz CT molecular complexity index is 4060. The van der Waals surface area contributed by atoms with E-state index < -0.39 is 110 Å². The molecule has 0 amide bonds. The van der Waals surface area contributed by atoms with Gasteiger partial charge in [-0.05, 0) is 36.4 Å². The van der Waals surface area contributed by atoms with Gasteiger partial charge in [0, 0.05) is 31.8 Å². The number of aromatic amines is 2. The molecule has 41 heteroatoms. The van der Waals surface area contributed by atoms with Crippen molar-refractivity contribution in [3.8, 4) is 17.1 Å². The molecule has 0 aliphatic carbocycles. The zero-order valence-electron chi connectivity index (χ0n) is 42.9. The molecule has 0 saturated carbocycles. The highest BCUT2D eigenvalue weighted by atomic mass is 35.5. The van der Waals surface area contributed by atoms with Crippen LogP contribution in [0.2, 0.25) is 5.02 Å². The van der Waals surface area contributed by atoms with Crippen molar-refractivity contribution in [1.29, 1.82) is 0 Å². The number of anilines is 3. The minimum Gasteiger partial charge on any atom is -0.492 e. The van der Waals surface area contributed by atoms with Gasteiger partial charge in [-0.1, -0.05) is 23.7 Å². The van der Waals surface area contributed by atoms with Crippen LogP contribution in [0.1, 0.15) is 6.23 Å². The standard InChI is InChI=1S/C42H48ClN15O21P4/c1-45-32-26-35(48-17-47-32)57(18-49-26)39-30(71-3)29(77-81(65,66)74-15-25-31(59)42(62,16-73-25)58-19-50-27-36(58)53-40(44)54-37(27)60)24(76-39)14-75-82(67,68)79-83(69,70)78-80(63,64)23-10-4-20(5-11-23)34-51-33-28(38(61)55-41(46-2)52-33)56(34)12-13-72-22-8-6-21(43)7-9-22/h4-11,17-19,24-25,29-31,39,59,62H,12-16H2,1-3H3,(H,63,64)(H,65,66)(H,67,68)(H,69,70)(H,45,47,48)(H3,44,53,54,60)(H2,46,52,55,61). The number of hydrogen-bond donors (Lipinski definition) is 11. The van der Waals surface area contributed by atoms with Crippen LogP contribution in [0.15, 0.2) is 77.1 Å². The van der Waals surface area contributed by atoms with Crippen LogP contribution in [-0.4, -0.2) is 166 Å². The lowest BCUT2D eigenvalue weighted by Crippen LogP contribution is -2.47. The molecule has 6 aromatic heterocycles. The topological polar surface area (TPSA) is 494 Å². The number of nitrogen functional groups attached to an aromatic ring is 1. The fraction of sp³-hybridized carbons (Fsp3) is 0.357. The van der Waals surface area contributed by atoms with E-state index in [-0.39, 0.29) is 75.7 Å². The number of hydrogen-bond acceptors (Lipinski definition) is 27. The summed E-state index contributed by atoms with van der Waals surface area (Å²) in [6.07, 6.45) is -6.70. The van der Waals surface area contributed by atoms with Gasteiger partial charge in [-0.25, -0.2) is 42.9 Å². The Hall–Kier alpha value is -6.46. The van der Waals surface area contributed by atoms with Gasteiger partial charge in [0.2, 0.25) is 11.9 Å². The van der Waals surface area contributed by atoms with E-state index in [1.54, 1.807) is 31.3 Å². The van der Waals surface area contributed by atoms with E-state index >= 15 is 0 Å². The van der Waals surface area contributed by atoms with Gasteiger partial charge >= 0.3 is 31.1 Å². The average Bonchev–Trinajstić information content (AvgIpc) is 2.44. The Morgan fingerprint density at radius 1 is 0.819 bits per heavy atom. The highest BCUT2D eigenvalue weighted by Gasteiger charge is 2.54. The van der Waals surface area contributed by atoms with Gasteiger partial charge in [-0.2, -0.15) is 14.3 Å². The van der Waals surface area contributed by atoms with Gasteiger partial charge in [0.25, 0.3) is 11.1 Å². The quantitative estimate of drug-likeness (QED) is 0.0399. The van der Waals surface area contributed by atoms with Crippen LogP contribution in [0.25, 0.3) is 44.9 Å². The number of aromatic nitrogens is 12. The number of halogens is 1. The van der Waals surface area contributed by atoms with E-state index in [9.17, 15) is 57.6 Å². The lowest BCUT2D eigenvalue weighted by molar-refractivity contribution is -0.110. The molecule has 11 unspecified atom stereocenters. The summed E-state index contributed by atoms with van der Waals surface area (Å²) in [5.74, 6) is 0.656. The fourth-order valence-electron chi connectivity index (χ4n) is 8.99. The maximum absolute atomic E-state index is 13.8. The number of benzene rings is 2. The second-order valence-electron chi connectivity index (χ2n) is 18.0. The van der Waals surface area contributed by atoms with Gasteiger partial charge in [-0.15, -0.1) is 0 Å². The molecule has 10 rings (SSSR count). The lowest BCUT2D eigenvalue weighted by Gasteiger charge is -2.28. The van der Waals surface area contributed by atoms with E-state index in [2.05, 4.69) is 64.1 Å². The van der Waals surface area contributed by atoms with Crippen molar-refractivity contribution >= 4 is 99.2 Å². The van der Waals surface area contributed by atoms with Crippen molar-refractivity contribution < 1.29 is 89.2 Å². The molecule has 36 nitrogen and oxygen atoms in total. The molecule has 2 saturated heterocycles. The van der Waals surface area contributed by atoms with E-state index in [4.69, 9.17) is 49.9 Å². The number of nitrogens with two attached hydrogens (primary N) is 1. The smallest absolute Gasteiger partial charge is 0.488 e. The first-order valence-corrected chi connectivity index (χ1v) is 30.4. The SMILES string of the molecule is CNc1nc2nc(-c3ccc(P(=O)(O)OP(=O)(O)OP(=O)(O)OCC4OC(n5cnc6c(NC)ncnc65)C(OC)C4OP(=O)(O)OCC4OCC(O)(n5cnc6c(=O)[nH]c(N)nc65)C4O)cc3)n(CCOc3ccc(Cl)cc3)c2c(=O)[nH]1. The van der Waals surface area contributed by atoms with E-state index in [0.717, 1.165) is 30.1 Å². The molecule has 444 valence electrons. The predicted molar refractivity (Wildman–Crippen MR) is 286 cm³/mol. The van der Waals surface area contributed by atoms with Gasteiger partial charge in [-0.3, -0.25) is 46.8 Å². The van der Waals surface area contributed by atoms with Gasteiger partial charge in [0.15, 0.2) is 45.7 Å². The third-order valence-electron chi connectivity index (χ3n) is 12.8. The average molecular weight is 1260 g/mol. The largest absolute Gasteiger partial charge is 0.492 e. The first-order chi connectivity index (χ1) is 39.3. The zero-order valence-corrected chi connectivity index (χ0v) is 47.2. The van der Waals surface area contributed by atoms with Crippen LogP contribution in [0, 0.1) is 0 Å². The predicted octanol–water partition coefficient (Wildman–Crippen LogP) is 1.04. The maximum atomic E-state index is 13.8. The highest BCUT2D eigenvalue weighted by molar-refractivity contribution is 7.71. The molecule has 8 heterocycles. The van der Waals surface area contributed by atoms with Crippen LogP contribution >= 0.6 is 42.7 Å². The summed E-state index contributed by atoms with van der Waals surface area (Å²) in [6, 6.07) is 11.1. The number of methoxy groups -OCH3 is 1. The fourth-order valence-corrected chi connectivity index (χ4v) is 14.1. The van der Waals surface area contributed by atoms with E-state index in [1.807, 2.05) is 0 Å². The monoisotopic (exact) mass is 1260 g/mol. The molecule has 0 bridgehead atoms. The molecule has 83 heavy (non-hydrogen) atoms. The van der Waals surface area contributed by atoms with E-state index in [0.29, 0.717) is 10.8 Å². The molecule has 8 aromatic rings. The number of phosphoric ester groups is 2. The summed E-state index contributed by atoms with van der Waals surface area (Å²) in [5, 5.41) is 28.2. The number of nitrogens with one attached hydrogen (secondary N) is 4. The normalized spacial score (nSPS) is 23.9. The molecule has 2 aromatic carbocycles. The van der Waals surface area contributed by atoms with Crippen molar-refractivity contribution in [2.75, 3.05) is 64.0 Å². The number of rotatable bonds is 23. The summed E-state index contributed by atoms with van der Waals surface area (Å²) >= 11 is 5.99. The van der Waals surface area contributed by atoms with Crippen LogP contribution in [0.5, 0.6) is 5.75 Å². The molecule has 11 atom stereocenters. The molecule has 2 aliphatic heterocycles. The van der Waals surface area contributed by atoms with Crippen LogP contribution in [0.3, 0.4) is 0 Å². The third-order valence-corrected chi connectivity index (χ3v) is 18.8.